The van der Waals surface area contributed by atoms with E-state index in [4.69, 9.17) is 4.11 Å². The SMILES string of the molecule is [2H]C([2H])([2H])NC(=O)c1cnc(N(C(=O)C2CC2)C(=O)C2CC2)nc1Nc1cccc2c1N(C)Cc1cn(C)nc1-2. The molecule has 0 radical (unpaired) electrons. The molecule has 2 aliphatic carbocycles. The number of anilines is 4. The van der Waals surface area contributed by atoms with Gasteiger partial charge in [-0.3, -0.25) is 19.1 Å². The lowest BCUT2D eigenvalue weighted by molar-refractivity contribution is -0.128. The number of imide groups is 1. The zero-order valence-corrected chi connectivity index (χ0v) is 20.5. The first-order valence-electron chi connectivity index (χ1n) is 13.7. The van der Waals surface area contributed by atoms with E-state index >= 15 is 0 Å². The number of nitrogens with zero attached hydrogens (tertiary/aromatic N) is 6. The third kappa shape index (κ3) is 4.09. The Morgan fingerprint density at radius 3 is 2.51 bits per heavy atom. The van der Waals surface area contributed by atoms with E-state index in [0.717, 1.165) is 33.6 Å². The second kappa shape index (κ2) is 8.68. The summed E-state index contributed by atoms with van der Waals surface area (Å²) in [5.74, 6) is -2.34. The molecule has 11 nitrogen and oxygen atoms in total. The summed E-state index contributed by atoms with van der Waals surface area (Å²) in [5, 5.41) is 9.76. The van der Waals surface area contributed by atoms with Gasteiger partial charge in [-0.15, -0.1) is 0 Å². The van der Waals surface area contributed by atoms with E-state index < -0.39 is 12.9 Å². The normalized spacial score (nSPS) is 17.6. The van der Waals surface area contributed by atoms with Crippen LogP contribution in [0.2, 0.25) is 0 Å². The molecule has 3 aromatic rings. The molecule has 3 aliphatic rings. The van der Waals surface area contributed by atoms with Gasteiger partial charge in [0.1, 0.15) is 11.4 Å². The molecule has 2 N–H and O–H groups in total. The molecule has 2 saturated carbocycles. The van der Waals surface area contributed by atoms with Gasteiger partial charge in [-0.25, -0.2) is 9.88 Å². The molecule has 0 bridgehead atoms. The van der Waals surface area contributed by atoms with E-state index in [-0.39, 0.29) is 41.0 Å². The number of nitrogens with one attached hydrogen (secondary N) is 2. The molecular formula is C26H28N8O3. The Kier molecular flexibility index (Phi) is 4.66. The lowest BCUT2D eigenvalue weighted by Crippen LogP contribution is -2.40. The molecule has 0 spiro atoms. The molecule has 190 valence electrons. The molecular weight excluding hydrogens is 472 g/mol. The Morgan fingerprint density at radius 2 is 1.84 bits per heavy atom. The molecule has 2 fully saturated rings. The number of hydrogen-bond acceptors (Lipinski definition) is 8. The molecule has 11 heteroatoms. The maximum Gasteiger partial charge on any atom is 0.256 e. The Balaban J connectivity index is 1.44. The molecule has 0 saturated heterocycles. The highest BCUT2D eigenvalue weighted by molar-refractivity contribution is 6.16. The van der Waals surface area contributed by atoms with Gasteiger partial charge in [0, 0.05) is 67.1 Å². The summed E-state index contributed by atoms with van der Waals surface area (Å²) in [6.07, 6.45) is 5.87. The number of carbonyl (C=O) groups is 3. The largest absolute Gasteiger partial charge is 0.368 e. The average molecular weight is 504 g/mol. The van der Waals surface area contributed by atoms with Crippen LogP contribution in [0.15, 0.2) is 30.6 Å². The summed E-state index contributed by atoms with van der Waals surface area (Å²) in [6.45, 7) is -2.15. The van der Waals surface area contributed by atoms with Crippen LogP contribution in [-0.2, 0) is 23.2 Å². The van der Waals surface area contributed by atoms with Crippen LogP contribution in [0.1, 0.15) is 45.7 Å². The van der Waals surface area contributed by atoms with E-state index in [1.165, 1.54) is 0 Å². The summed E-state index contributed by atoms with van der Waals surface area (Å²) >= 11 is 0. The fourth-order valence-corrected chi connectivity index (χ4v) is 4.73. The van der Waals surface area contributed by atoms with Crippen LogP contribution in [-0.4, -0.2) is 51.5 Å². The van der Waals surface area contributed by atoms with Gasteiger partial charge in [0.2, 0.25) is 17.8 Å². The predicted molar refractivity (Wildman–Crippen MR) is 137 cm³/mol. The quantitative estimate of drug-likeness (QED) is 0.492. The van der Waals surface area contributed by atoms with Crippen LogP contribution in [0.25, 0.3) is 11.3 Å². The van der Waals surface area contributed by atoms with Gasteiger partial charge in [-0.2, -0.15) is 10.1 Å². The summed E-state index contributed by atoms with van der Waals surface area (Å²) in [4.78, 5) is 51.0. The van der Waals surface area contributed by atoms with Gasteiger partial charge in [0.15, 0.2) is 0 Å². The summed E-state index contributed by atoms with van der Waals surface area (Å²) in [7, 11) is 3.79. The first kappa shape index (κ1) is 19.9. The second-order valence-corrected chi connectivity index (χ2v) is 9.81. The van der Waals surface area contributed by atoms with Gasteiger partial charge in [-0.05, 0) is 31.7 Å². The fourth-order valence-electron chi connectivity index (χ4n) is 4.73. The topological polar surface area (TPSA) is 125 Å². The molecule has 37 heavy (non-hydrogen) atoms. The van der Waals surface area contributed by atoms with E-state index in [9.17, 15) is 14.4 Å². The number of carbonyl (C=O) groups excluding carboxylic acids is 3. The van der Waals surface area contributed by atoms with Crippen molar-refractivity contribution in [3.8, 4) is 11.3 Å². The highest BCUT2D eigenvalue weighted by atomic mass is 16.2. The summed E-state index contributed by atoms with van der Waals surface area (Å²) < 4.78 is 24.2. The minimum Gasteiger partial charge on any atom is -0.368 e. The van der Waals surface area contributed by atoms with Crippen molar-refractivity contribution in [3.63, 3.8) is 0 Å². The van der Waals surface area contributed by atoms with Crippen molar-refractivity contribution in [3.05, 3.63) is 41.7 Å². The standard InChI is InChI=1S/C26H28N8O3/c1-27-23(35)18-11-28-26(34(24(36)14-7-8-14)25(37)15-9-10-15)30-22(18)29-19-6-4-5-17-20-16(13-33(3)31-20)12-32(2)21(17)19/h4-6,11,13-15H,7-10,12H2,1-3H3,(H,27,35)(H,28,29,30)/i1D3. The van der Waals surface area contributed by atoms with Gasteiger partial charge < -0.3 is 15.5 Å². The number of aryl methyl sites for hydroxylation is 1. The van der Waals surface area contributed by atoms with Crippen molar-refractivity contribution < 1.29 is 18.5 Å². The molecule has 3 heterocycles. The molecule has 1 aliphatic heterocycles. The predicted octanol–water partition coefficient (Wildman–Crippen LogP) is 2.61. The van der Waals surface area contributed by atoms with Crippen molar-refractivity contribution in [2.45, 2.75) is 32.2 Å². The minimum absolute atomic E-state index is 0.0300. The third-order valence-electron chi connectivity index (χ3n) is 6.87. The summed E-state index contributed by atoms with van der Waals surface area (Å²) in [6, 6.07) is 5.58. The lowest BCUT2D eigenvalue weighted by atomic mass is 9.99. The van der Waals surface area contributed by atoms with Gasteiger partial charge in [0.05, 0.1) is 17.1 Å². The van der Waals surface area contributed by atoms with Crippen molar-refractivity contribution in [1.82, 2.24) is 25.1 Å². The number of hydrogen-bond donors (Lipinski definition) is 2. The van der Waals surface area contributed by atoms with Crippen LogP contribution in [0.3, 0.4) is 0 Å². The fraction of sp³-hybridized carbons (Fsp3) is 0.385. The van der Waals surface area contributed by atoms with E-state index in [0.29, 0.717) is 37.9 Å². The highest BCUT2D eigenvalue weighted by Gasteiger charge is 2.43. The molecule has 0 unspecified atom stereocenters. The van der Waals surface area contributed by atoms with Gasteiger partial charge in [0.25, 0.3) is 5.91 Å². The highest BCUT2D eigenvalue weighted by Crippen LogP contribution is 2.43. The van der Waals surface area contributed by atoms with Crippen LogP contribution in [0.4, 0.5) is 23.1 Å². The maximum absolute atomic E-state index is 13.1. The first-order chi connectivity index (χ1) is 19.0. The molecule has 2 aromatic heterocycles. The molecule has 3 amide bonds. The lowest BCUT2D eigenvalue weighted by Gasteiger charge is -2.29. The van der Waals surface area contributed by atoms with Crippen LogP contribution in [0, 0.1) is 11.8 Å². The number of amides is 3. The average Bonchev–Trinajstić information content (AvgIpc) is 3.80. The number of aromatic nitrogens is 4. The van der Waals surface area contributed by atoms with Crippen LogP contribution < -0.4 is 20.4 Å². The number of para-hydroxylation sites is 1. The van der Waals surface area contributed by atoms with Crippen LogP contribution in [0.5, 0.6) is 0 Å². The number of fused-ring (bicyclic) bond motifs is 3. The Bertz CT molecular complexity index is 1520. The Morgan fingerprint density at radius 1 is 1.11 bits per heavy atom. The van der Waals surface area contributed by atoms with E-state index in [2.05, 4.69) is 20.4 Å². The van der Waals surface area contributed by atoms with Crippen molar-refractivity contribution in [2.75, 3.05) is 29.1 Å². The Labute approximate surface area is 218 Å². The first-order valence-corrected chi connectivity index (χ1v) is 12.2. The molecule has 6 rings (SSSR count). The van der Waals surface area contributed by atoms with Crippen LogP contribution >= 0.6 is 0 Å². The van der Waals surface area contributed by atoms with E-state index in [1.807, 2.05) is 42.6 Å². The smallest absolute Gasteiger partial charge is 0.256 e. The second-order valence-electron chi connectivity index (χ2n) is 9.81. The van der Waals surface area contributed by atoms with Crippen molar-refractivity contribution >= 4 is 40.9 Å². The van der Waals surface area contributed by atoms with Gasteiger partial charge in [-0.1, -0.05) is 12.1 Å². The third-order valence-corrected chi connectivity index (χ3v) is 6.87. The summed E-state index contributed by atoms with van der Waals surface area (Å²) in [5.41, 5.74) is 4.00. The van der Waals surface area contributed by atoms with Crippen molar-refractivity contribution in [2.24, 2.45) is 18.9 Å². The minimum atomic E-state index is -2.75. The van der Waals surface area contributed by atoms with E-state index in [1.54, 1.807) is 10.7 Å². The zero-order valence-electron chi connectivity index (χ0n) is 23.5. The number of rotatable bonds is 6. The molecule has 0 atom stereocenters. The van der Waals surface area contributed by atoms with Crippen molar-refractivity contribution in [1.29, 1.82) is 0 Å². The monoisotopic (exact) mass is 503 g/mol. The molecule has 1 aromatic carbocycles. The zero-order chi connectivity index (χ0) is 28.3. The van der Waals surface area contributed by atoms with Gasteiger partial charge >= 0.3 is 0 Å². The maximum atomic E-state index is 13.1. The number of benzene rings is 1. The Hall–Kier alpha value is -4.28.